The molecule has 0 heterocycles. The maximum Gasteiger partial charge on any atom is 0.306 e. The van der Waals surface area contributed by atoms with Crippen molar-refractivity contribution in [1.82, 2.24) is 0 Å². The van der Waals surface area contributed by atoms with Crippen molar-refractivity contribution in [3.63, 3.8) is 0 Å². The Hall–Kier alpha value is -3.67. The molecule has 0 aliphatic heterocycles. The average molecular weight is 1060 g/mol. The van der Waals surface area contributed by atoms with Crippen molar-refractivity contribution in [2.45, 2.75) is 316 Å². The summed E-state index contributed by atoms with van der Waals surface area (Å²) < 4.78 is 16.9. The highest BCUT2D eigenvalue weighted by atomic mass is 16.6. The third-order valence-electron chi connectivity index (χ3n) is 13.9. The minimum atomic E-state index is -0.780. The lowest BCUT2D eigenvalue weighted by Gasteiger charge is -2.18. The molecule has 0 spiro atoms. The molecule has 0 rings (SSSR count). The van der Waals surface area contributed by atoms with Gasteiger partial charge in [-0.15, -0.1) is 0 Å². The fraction of sp³-hybridized carbons (Fsp3) is 0.729. The number of unbranched alkanes of at least 4 members (excludes halogenated alkanes) is 31. The van der Waals surface area contributed by atoms with E-state index < -0.39 is 6.10 Å². The van der Waals surface area contributed by atoms with Crippen LogP contribution in [0, 0.1) is 0 Å². The molecule has 0 saturated heterocycles. The van der Waals surface area contributed by atoms with Gasteiger partial charge in [0.15, 0.2) is 6.10 Å². The van der Waals surface area contributed by atoms with E-state index in [-0.39, 0.29) is 31.1 Å². The molecule has 0 radical (unpaired) electrons. The van der Waals surface area contributed by atoms with Gasteiger partial charge in [0, 0.05) is 19.3 Å². The van der Waals surface area contributed by atoms with Gasteiger partial charge in [0.2, 0.25) is 0 Å². The second-order valence-electron chi connectivity index (χ2n) is 21.3. The van der Waals surface area contributed by atoms with Gasteiger partial charge in [0.05, 0.1) is 0 Å². The van der Waals surface area contributed by atoms with E-state index in [9.17, 15) is 14.4 Å². The molecule has 6 nitrogen and oxygen atoms in total. The van der Waals surface area contributed by atoms with Gasteiger partial charge in [0.25, 0.3) is 0 Å². The van der Waals surface area contributed by atoms with Crippen LogP contribution in [0.4, 0.5) is 0 Å². The van der Waals surface area contributed by atoms with Gasteiger partial charge >= 0.3 is 17.9 Å². The van der Waals surface area contributed by atoms with E-state index in [1.54, 1.807) is 0 Å². The Morgan fingerprint density at radius 2 is 0.513 bits per heavy atom. The Morgan fingerprint density at radius 3 is 0.803 bits per heavy atom. The number of allylic oxidation sites excluding steroid dienone is 16. The highest BCUT2D eigenvalue weighted by Gasteiger charge is 2.19. The molecule has 0 bridgehead atoms. The van der Waals surface area contributed by atoms with Crippen LogP contribution in [0.5, 0.6) is 0 Å². The van der Waals surface area contributed by atoms with Crippen molar-refractivity contribution in [3.8, 4) is 0 Å². The molecular formula is C70H120O6. The molecule has 76 heavy (non-hydrogen) atoms. The third kappa shape index (κ3) is 61.2. The van der Waals surface area contributed by atoms with E-state index in [1.165, 1.54) is 148 Å². The number of rotatable bonds is 58. The topological polar surface area (TPSA) is 78.9 Å². The number of hydrogen-bond acceptors (Lipinski definition) is 6. The van der Waals surface area contributed by atoms with E-state index in [1.807, 2.05) is 0 Å². The first-order chi connectivity index (χ1) is 37.5. The number of ether oxygens (including phenoxy) is 3. The summed E-state index contributed by atoms with van der Waals surface area (Å²) in [6.07, 6.45) is 85.6. The Bertz CT molecular complexity index is 1490. The van der Waals surface area contributed by atoms with Crippen LogP contribution in [-0.4, -0.2) is 37.2 Å². The molecule has 0 aromatic carbocycles. The van der Waals surface area contributed by atoms with Crippen LogP contribution in [0.3, 0.4) is 0 Å². The van der Waals surface area contributed by atoms with Crippen molar-refractivity contribution >= 4 is 17.9 Å². The van der Waals surface area contributed by atoms with Crippen LogP contribution in [0.1, 0.15) is 310 Å². The molecule has 0 aromatic heterocycles. The second-order valence-corrected chi connectivity index (χ2v) is 21.3. The standard InChI is InChI=1S/C70H120O6/c1-4-7-10-13-16-19-22-24-26-28-29-30-31-32-33-34-35-36-37-38-39-40-41-42-44-45-48-51-54-57-60-63-69(72)75-66-67(65-74-68(71)62-59-56-53-50-47-21-18-15-12-9-6-3)76-70(73)64-61-58-55-52-49-46-43-27-25-23-20-17-14-11-8-5-2/h7,10,16,19,24,26,29-30,32-33,35-36,38-39,41-42,67H,4-6,8-9,11-15,17-18,20-23,25,27-28,31,34,37,40,43-66H2,1-3H3/b10-7-,19-16-,26-24-,30-29-,33-32-,36-35-,39-38-,42-41-. The number of hydrogen-bond donors (Lipinski definition) is 0. The monoisotopic (exact) mass is 1060 g/mol. The van der Waals surface area contributed by atoms with Crippen molar-refractivity contribution in [3.05, 3.63) is 97.2 Å². The Labute approximate surface area is 470 Å². The minimum absolute atomic E-state index is 0.0776. The molecule has 1 unspecified atom stereocenters. The summed E-state index contributed by atoms with van der Waals surface area (Å²) in [7, 11) is 0. The third-order valence-corrected chi connectivity index (χ3v) is 13.9. The lowest BCUT2D eigenvalue weighted by atomic mass is 10.0. The van der Waals surface area contributed by atoms with Gasteiger partial charge in [-0.05, 0) is 83.5 Å². The zero-order valence-corrected chi connectivity index (χ0v) is 50.0. The summed E-state index contributed by atoms with van der Waals surface area (Å²) in [4.78, 5) is 38.2. The van der Waals surface area contributed by atoms with E-state index in [0.717, 1.165) is 122 Å². The maximum atomic E-state index is 12.9. The van der Waals surface area contributed by atoms with Gasteiger partial charge in [-0.3, -0.25) is 14.4 Å². The smallest absolute Gasteiger partial charge is 0.306 e. The lowest BCUT2D eigenvalue weighted by Crippen LogP contribution is -2.30. The highest BCUT2D eigenvalue weighted by molar-refractivity contribution is 5.71. The first kappa shape index (κ1) is 72.3. The Morgan fingerprint density at radius 1 is 0.276 bits per heavy atom. The normalized spacial score (nSPS) is 12.7. The number of carbonyl (C=O) groups excluding carboxylic acids is 3. The summed E-state index contributed by atoms with van der Waals surface area (Å²) in [5.74, 6) is -0.881. The number of carbonyl (C=O) groups is 3. The zero-order valence-electron chi connectivity index (χ0n) is 50.0. The molecule has 0 N–H and O–H groups in total. The second kappa shape index (κ2) is 63.9. The molecule has 0 aromatic rings. The van der Waals surface area contributed by atoms with Gasteiger partial charge in [-0.25, -0.2) is 0 Å². The predicted molar refractivity (Wildman–Crippen MR) is 330 cm³/mol. The lowest BCUT2D eigenvalue weighted by molar-refractivity contribution is -0.167. The fourth-order valence-corrected chi connectivity index (χ4v) is 9.05. The van der Waals surface area contributed by atoms with Crippen LogP contribution < -0.4 is 0 Å². The van der Waals surface area contributed by atoms with Crippen LogP contribution in [0.25, 0.3) is 0 Å². The SMILES string of the molecule is CC/C=C\C/C=C\C/C=C\C/C=C\C/C=C\C/C=C\C/C=C\C/C=C\CCCCCCCCC(=O)OCC(COC(=O)CCCCCCCCCCCCC)OC(=O)CCCCCCCCCCCCCCCCCC. The summed E-state index contributed by atoms with van der Waals surface area (Å²) in [6, 6.07) is 0. The summed E-state index contributed by atoms with van der Waals surface area (Å²) in [6.45, 7) is 6.54. The fourth-order valence-electron chi connectivity index (χ4n) is 9.05. The maximum absolute atomic E-state index is 12.9. The van der Waals surface area contributed by atoms with E-state index in [0.29, 0.717) is 19.3 Å². The van der Waals surface area contributed by atoms with Gasteiger partial charge < -0.3 is 14.2 Å². The largest absolute Gasteiger partial charge is 0.462 e. The van der Waals surface area contributed by atoms with Crippen LogP contribution in [-0.2, 0) is 28.6 Å². The molecule has 436 valence electrons. The Balaban J connectivity index is 4.27. The first-order valence-corrected chi connectivity index (χ1v) is 32.2. The first-order valence-electron chi connectivity index (χ1n) is 32.2. The van der Waals surface area contributed by atoms with Crippen molar-refractivity contribution < 1.29 is 28.6 Å². The molecule has 1 atom stereocenters. The van der Waals surface area contributed by atoms with E-state index >= 15 is 0 Å². The quantitative estimate of drug-likeness (QED) is 0.0261. The summed E-state index contributed by atoms with van der Waals surface area (Å²) in [5, 5.41) is 0. The Kier molecular flexibility index (Phi) is 60.8. The van der Waals surface area contributed by atoms with Crippen molar-refractivity contribution in [1.29, 1.82) is 0 Å². The van der Waals surface area contributed by atoms with Gasteiger partial charge in [-0.1, -0.05) is 304 Å². The number of esters is 3. The van der Waals surface area contributed by atoms with Crippen LogP contribution in [0.15, 0.2) is 97.2 Å². The molecule has 0 aliphatic rings. The van der Waals surface area contributed by atoms with Crippen LogP contribution in [0.2, 0.25) is 0 Å². The molecular weight excluding hydrogens is 937 g/mol. The van der Waals surface area contributed by atoms with Gasteiger partial charge in [-0.2, -0.15) is 0 Å². The summed E-state index contributed by atoms with van der Waals surface area (Å²) in [5.41, 5.74) is 0. The summed E-state index contributed by atoms with van der Waals surface area (Å²) >= 11 is 0. The molecule has 0 saturated carbocycles. The van der Waals surface area contributed by atoms with Crippen molar-refractivity contribution in [2.75, 3.05) is 13.2 Å². The highest BCUT2D eigenvalue weighted by Crippen LogP contribution is 2.16. The van der Waals surface area contributed by atoms with Gasteiger partial charge in [0.1, 0.15) is 13.2 Å². The molecule has 0 aliphatic carbocycles. The van der Waals surface area contributed by atoms with E-state index in [2.05, 4.69) is 118 Å². The molecule has 0 fully saturated rings. The molecule has 0 amide bonds. The molecule has 6 heteroatoms. The predicted octanol–water partition coefficient (Wildman–Crippen LogP) is 22.0. The van der Waals surface area contributed by atoms with E-state index in [4.69, 9.17) is 14.2 Å². The van der Waals surface area contributed by atoms with Crippen LogP contribution >= 0.6 is 0 Å². The average Bonchev–Trinajstić information content (AvgIpc) is 3.42. The van der Waals surface area contributed by atoms with Crippen molar-refractivity contribution in [2.24, 2.45) is 0 Å². The minimum Gasteiger partial charge on any atom is -0.462 e. The zero-order chi connectivity index (χ0) is 55.0.